The molecule has 2 aromatic rings. The smallest absolute Gasteiger partial charge is 0.445 e. The average Bonchev–Trinajstić information content (AvgIpc) is 2.58. The zero-order valence-electron chi connectivity index (χ0n) is 13.0. The van der Waals surface area contributed by atoms with Crippen LogP contribution in [0.1, 0.15) is 17.2 Å². The van der Waals surface area contributed by atoms with Gasteiger partial charge < -0.3 is 19.9 Å². The van der Waals surface area contributed by atoms with Crippen molar-refractivity contribution in [2.75, 3.05) is 6.54 Å². The van der Waals surface area contributed by atoms with E-state index in [0.717, 1.165) is 17.7 Å². The molecule has 2 aromatic carbocycles. The number of carbonyl (C=O) groups excluding carboxylic acids is 1. The van der Waals surface area contributed by atoms with Gasteiger partial charge in [-0.1, -0.05) is 42.5 Å². The number of hydrogen-bond donors (Lipinski definition) is 2. The number of alkyl halides is 3. The van der Waals surface area contributed by atoms with Crippen molar-refractivity contribution in [2.45, 2.75) is 19.1 Å². The van der Waals surface area contributed by atoms with Gasteiger partial charge in [0.1, 0.15) is 12.4 Å². The first-order chi connectivity index (χ1) is 11.8. The summed E-state index contributed by atoms with van der Waals surface area (Å²) in [6.07, 6.45) is -6.58. The number of rotatable bonds is 6. The van der Waals surface area contributed by atoms with E-state index in [1.807, 2.05) is 18.2 Å². The second-order valence-corrected chi connectivity index (χ2v) is 5.08. The summed E-state index contributed by atoms with van der Waals surface area (Å²) < 4.78 is 44.9. The molecule has 134 valence electrons. The Morgan fingerprint density at radius 1 is 1.08 bits per heavy atom. The van der Waals surface area contributed by atoms with E-state index in [1.54, 1.807) is 12.1 Å². The third-order valence-corrected chi connectivity index (χ3v) is 3.15. The van der Waals surface area contributed by atoms with Crippen LogP contribution in [0.3, 0.4) is 0 Å². The number of aliphatic hydroxyl groups is 1. The highest BCUT2D eigenvalue weighted by molar-refractivity contribution is 5.67. The van der Waals surface area contributed by atoms with Gasteiger partial charge >= 0.3 is 12.5 Å². The zero-order valence-corrected chi connectivity index (χ0v) is 13.0. The predicted octanol–water partition coefficient (Wildman–Crippen LogP) is 3.55. The van der Waals surface area contributed by atoms with Gasteiger partial charge in [-0.2, -0.15) is 0 Å². The van der Waals surface area contributed by atoms with Gasteiger partial charge in [-0.15, -0.1) is 13.2 Å². The van der Waals surface area contributed by atoms with Gasteiger partial charge in [-0.3, -0.25) is 0 Å². The lowest BCUT2D eigenvalue weighted by molar-refractivity contribution is -0.274. The second kappa shape index (κ2) is 8.39. The van der Waals surface area contributed by atoms with E-state index in [-0.39, 0.29) is 13.2 Å². The minimum Gasteiger partial charge on any atom is -0.445 e. The first-order valence-electron chi connectivity index (χ1n) is 7.32. The van der Waals surface area contributed by atoms with E-state index in [0.29, 0.717) is 5.56 Å². The standard InChI is InChI=1S/C17H16F3NO4/c18-17(19,20)25-14-8-6-13(7-9-14)15(22)10-21-16(23)24-11-12-4-2-1-3-5-12/h1-9,15,22H,10-11H2,(H,21,23). The maximum absolute atomic E-state index is 12.1. The van der Waals surface area contributed by atoms with Crippen LogP contribution in [0.15, 0.2) is 54.6 Å². The molecule has 1 amide bonds. The Kier molecular flexibility index (Phi) is 6.24. The lowest BCUT2D eigenvalue weighted by Gasteiger charge is -2.14. The Bertz CT molecular complexity index is 675. The Hall–Kier alpha value is -2.74. The fourth-order valence-corrected chi connectivity index (χ4v) is 1.96. The van der Waals surface area contributed by atoms with Crippen molar-refractivity contribution in [2.24, 2.45) is 0 Å². The first-order valence-corrected chi connectivity index (χ1v) is 7.32. The van der Waals surface area contributed by atoms with Gasteiger partial charge in [0.05, 0.1) is 12.6 Å². The number of benzene rings is 2. The highest BCUT2D eigenvalue weighted by Crippen LogP contribution is 2.24. The van der Waals surface area contributed by atoms with Crippen molar-refractivity contribution in [1.82, 2.24) is 5.32 Å². The highest BCUT2D eigenvalue weighted by Gasteiger charge is 2.31. The van der Waals surface area contributed by atoms with Crippen molar-refractivity contribution in [1.29, 1.82) is 0 Å². The third-order valence-electron chi connectivity index (χ3n) is 3.15. The summed E-state index contributed by atoms with van der Waals surface area (Å²) in [7, 11) is 0. The van der Waals surface area contributed by atoms with E-state index in [4.69, 9.17) is 4.74 Å². The monoisotopic (exact) mass is 355 g/mol. The summed E-state index contributed by atoms with van der Waals surface area (Å²) in [6, 6.07) is 13.8. The molecule has 0 saturated heterocycles. The molecule has 0 aromatic heterocycles. The van der Waals surface area contributed by atoms with Gasteiger partial charge in [-0.25, -0.2) is 4.79 Å². The molecule has 25 heavy (non-hydrogen) atoms. The molecule has 0 fully saturated rings. The lowest BCUT2D eigenvalue weighted by atomic mass is 10.1. The molecular formula is C17H16F3NO4. The summed E-state index contributed by atoms with van der Waals surface area (Å²) in [5.74, 6) is -0.390. The second-order valence-electron chi connectivity index (χ2n) is 5.08. The van der Waals surface area contributed by atoms with Gasteiger partial charge in [-0.05, 0) is 23.3 Å². The van der Waals surface area contributed by atoms with Crippen LogP contribution >= 0.6 is 0 Å². The molecule has 5 nitrogen and oxygen atoms in total. The van der Waals surface area contributed by atoms with E-state index >= 15 is 0 Å². The Balaban J connectivity index is 1.77. The third kappa shape index (κ3) is 6.72. The van der Waals surface area contributed by atoms with Crippen LogP contribution in [0.5, 0.6) is 5.75 Å². The molecule has 0 aliphatic carbocycles. The summed E-state index contributed by atoms with van der Waals surface area (Å²) in [5.41, 5.74) is 1.15. The zero-order chi connectivity index (χ0) is 18.3. The number of amides is 1. The first kappa shape index (κ1) is 18.6. The molecule has 0 bridgehead atoms. The van der Waals surface area contributed by atoms with Crippen molar-refractivity contribution in [3.05, 3.63) is 65.7 Å². The van der Waals surface area contributed by atoms with Crippen molar-refractivity contribution in [3.63, 3.8) is 0 Å². The number of aliphatic hydroxyl groups excluding tert-OH is 1. The molecule has 0 aliphatic heterocycles. The molecular weight excluding hydrogens is 339 g/mol. The molecule has 0 radical (unpaired) electrons. The molecule has 0 aliphatic rings. The number of hydrogen-bond acceptors (Lipinski definition) is 4. The Morgan fingerprint density at radius 2 is 1.72 bits per heavy atom. The van der Waals surface area contributed by atoms with Gasteiger partial charge in [0.15, 0.2) is 0 Å². The molecule has 0 heterocycles. The predicted molar refractivity (Wildman–Crippen MR) is 82.7 cm³/mol. The Labute approximate surface area is 142 Å². The largest absolute Gasteiger partial charge is 0.573 e. The molecule has 2 rings (SSSR count). The van der Waals surface area contributed by atoms with Crippen LogP contribution in [-0.4, -0.2) is 24.1 Å². The van der Waals surface area contributed by atoms with Crippen LogP contribution in [0.4, 0.5) is 18.0 Å². The highest BCUT2D eigenvalue weighted by atomic mass is 19.4. The molecule has 0 saturated carbocycles. The van der Waals surface area contributed by atoms with Crippen LogP contribution < -0.4 is 10.1 Å². The molecule has 0 spiro atoms. The van der Waals surface area contributed by atoms with E-state index in [2.05, 4.69) is 10.1 Å². The number of alkyl carbamates (subject to hydrolysis) is 1. The van der Waals surface area contributed by atoms with Crippen molar-refractivity contribution >= 4 is 6.09 Å². The van der Waals surface area contributed by atoms with Crippen LogP contribution in [0, 0.1) is 0 Å². The normalized spacial score (nSPS) is 12.3. The van der Waals surface area contributed by atoms with Crippen LogP contribution in [0.2, 0.25) is 0 Å². The maximum Gasteiger partial charge on any atom is 0.573 e. The lowest BCUT2D eigenvalue weighted by Crippen LogP contribution is -2.28. The fraction of sp³-hybridized carbons (Fsp3) is 0.235. The van der Waals surface area contributed by atoms with Crippen molar-refractivity contribution < 1.29 is 32.5 Å². The number of nitrogens with one attached hydrogen (secondary N) is 1. The van der Waals surface area contributed by atoms with Gasteiger partial charge in [0.2, 0.25) is 0 Å². The average molecular weight is 355 g/mol. The number of carbonyl (C=O) groups is 1. The summed E-state index contributed by atoms with van der Waals surface area (Å²) in [5, 5.41) is 12.3. The topological polar surface area (TPSA) is 67.8 Å². The Morgan fingerprint density at radius 3 is 2.32 bits per heavy atom. The van der Waals surface area contributed by atoms with Gasteiger partial charge in [0.25, 0.3) is 0 Å². The fourth-order valence-electron chi connectivity index (χ4n) is 1.96. The number of ether oxygens (including phenoxy) is 2. The van der Waals surface area contributed by atoms with E-state index in [1.165, 1.54) is 12.1 Å². The molecule has 8 heteroatoms. The molecule has 1 unspecified atom stereocenters. The van der Waals surface area contributed by atoms with E-state index in [9.17, 15) is 23.1 Å². The minimum absolute atomic E-state index is 0.0895. The maximum atomic E-state index is 12.1. The van der Waals surface area contributed by atoms with Crippen LogP contribution in [0.25, 0.3) is 0 Å². The SMILES string of the molecule is O=C(NCC(O)c1ccc(OC(F)(F)F)cc1)OCc1ccccc1. The minimum atomic E-state index is -4.77. The summed E-state index contributed by atoms with van der Waals surface area (Å²) in [6.45, 7) is -0.0562. The van der Waals surface area contributed by atoms with E-state index < -0.39 is 24.3 Å². The van der Waals surface area contributed by atoms with Crippen LogP contribution in [-0.2, 0) is 11.3 Å². The molecule has 2 N–H and O–H groups in total. The van der Waals surface area contributed by atoms with Gasteiger partial charge in [0, 0.05) is 0 Å². The summed E-state index contributed by atoms with van der Waals surface area (Å²) in [4.78, 5) is 11.6. The van der Waals surface area contributed by atoms with Crippen molar-refractivity contribution in [3.8, 4) is 5.75 Å². The number of halogens is 3. The quantitative estimate of drug-likeness (QED) is 0.832. The molecule has 1 atom stereocenters. The summed E-state index contributed by atoms with van der Waals surface area (Å²) >= 11 is 0.